The van der Waals surface area contributed by atoms with Crippen molar-refractivity contribution >= 4 is 5.97 Å². The molecule has 0 radical (unpaired) electrons. The second-order valence-corrected chi connectivity index (χ2v) is 5.19. The molecule has 0 aliphatic heterocycles. The van der Waals surface area contributed by atoms with Crippen molar-refractivity contribution < 1.29 is 9.53 Å². The number of nitrogens with zero attached hydrogens (tertiary/aromatic N) is 1. The van der Waals surface area contributed by atoms with Crippen LogP contribution >= 0.6 is 0 Å². The Kier molecular flexibility index (Phi) is 4.15. The van der Waals surface area contributed by atoms with E-state index in [2.05, 4.69) is 25.9 Å². The van der Waals surface area contributed by atoms with Gasteiger partial charge >= 0.3 is 5.97 Å². The van der Waals surface area contributed by atoms with Crippen molar-refractivity contribution in [3.63, 3.8) is 0 Å². The predicted octanol–water partition coefficient (Wildman–Crippen LogP) is 1.79. The maximum absolute atomic E-state index is 11.6. The zero-order valence-electron chi connectivity index (χ0n) is 10.9. The summed E-state index contributed by atoms with van der Waals surface area (Å²) in [6.07, 6.45) is 0.865. The minimum atomic E-state index is -0.459. The number of ether oxygens (including phenoxy) is 1. The summed E-state index contributed by atoms with van der Waals surface area (Å²) >= 11 is 0. The first-order valence-electron chi connectivity index (χ1n) is 5.80. The van der Waals surface area contributed by atoms with Crippen molar-refractivity contribution in [2.24, 2.45) is 5.41 Å². The molecule has 0 fully saturated rings. The third-order valence-corrected chi connectivity index (χ3v) is 2.37. The van der Waals surface area contributed by atoms with Gasteiger partial charge in [0.05, 0.1) is 6.61 Å². The van der Waals surface area contributed by atoms with Crippen molar-refractivity contribution in [1.29, 1.82) is 0 Å². The molecule has 0 saturated carbocycles. The smallest absolute Gasteiger partial charge is 0.356 e. The molecule has 1 aromatic rings. The normalized spacial score (nSPS) is 11.5. The van der Waals surface area contributed by atoms with E-state index in [9.17, 15) is 9.59 Å². The fraction of sp³-hybridized carbons (Fsp3) is 0.667. The van der Waals surface area contributed by atoms with E-state index in [0.717, 1.165) is 6.42 Å². The van der Waals surface area contributed by atoms with Crippen LogP contribution in [0.4, 0.5) is 0 Å². The lowest BCUT2D eigenvalue weighted by Gasteiger charge is -2.18. The molecule has 0 amide bonds. The predicted molar refractivity (Wildman–Crippen MR) is 65.1 cm³/mol. The Morgan fingerprint density at radius 2 is 2.12 bits per heavy atom. The quantitative estimate of drug-likeness (QED) is 0.816. The molecule has 96 valence electrons. The molecule has 17 heavy (non-hydrogen) atoms. The minimum absolute atomic E-state index is 0.146. The van der Waals surface area contributed by atoms with E-state index in [0.29, 0.717) is 18.8 Å². The summed E-state index contributed by atoms with van der Waals surface area (Å²) < 4.78 is 6.46. The van der Waals surface area contributed by atoms with Crippen LogP contribution in [0.2, 0.25) is 0 Å². The van der Waals surface area contributed by atoms with E-state index in [1.165, 1.54) is 6.07 Å². The zero-order chi connectivity index (χ0) is 13.1. The van der Waals surface area contributed by atoms with Gasteiger partial charge in [-0.3, -0.25) is 14.6 Å². The van der Waals surface area contributed by atoms with E-state index < -0.39 is 5.97 Å². The number of carbonyl (C=O) groups is 1. The minimum Gasteiger partial charge on any atom is -0.461 e. The largest absolute Gasteiger partial charge is 0.461 e. The van der Waals surface area contributed by atoms with Crippen LogP contribution in [0.5, 0.6) is 0 Å². The van der Waals surface area contributed by atoms with E-state index in [4.69, 9.17) is 4.74 Å². The summed E-state index contributed by atoms with van der Waals surface area (Å²) in [7, 11) is 0. The average molecular weight is 240 g/mol. The van der Waals surface area contributed by atoms with Crippen molar-refractivity contribution in [2.75, 3.05) is 6.61 Å². The molecular formula is C12H20N2O3. The van der Waals surface area contributed by atoms with Crippen molar-refractivity contribution in [3.8, 4) is 0 Å². The molecule has 0 spiro atoms. The van der Waals surface area contributed by atoms with Gasteiger partial charge in [-0.2, -0.15) is 0 Å². The monoisotopic (exact) mass is 240 g/mol. The molecule has 0 saturated heterocycles. The van der Waals surface area contributed by atoms with Crippen LogP contribution < -0.4 is 5.56 Å². The second-order valence-electron chi connectivity index (χ2n) is 5.19. The molecule has 1 aromatic heterocycles. The summed E-state index contributed by atoms with van der Waals surface area (Å²) in [5.41, 5.74) is 0.163. The molecule has 0 bridgehead atoms. The molecule has 0 atom stereocenters. The first-order valence-corrected chi connectivity index (χ1v) is 5.80. The number of rotatable bonds is 4. The second kappa shape index (κ2) is 5.21. The number of nitrogens with one attached hydrogen (secondary N) is 1. The number of aromatic nitrogens is 2. The topological polar surface area (TPSA) is 64.1 Å². The molecule has 0 aromatic carbocycles. The molecule has 0 aliphatic carbocycles. The van der Waals surface area contributed by atoms with Crippen molar-refractivity contribution in [2.45, 2.75) is 40.7 Å². The summed E-state index contributed by atoms with van der Waals surface area (Å²) in [6, 6.07) is 1.28. The number of hydrogen-bond donors (Lipinski definition) is 1. The van der Waals surface area contributed by atoms with Gasteiger partial charge in [0.15, 0.2) is 0 Å². The van der Waals surface area contributed by atoms with Crippen LogP contribution in [-0.4, -0.2) is 22.4 Å². The highest BCUT2D eigenvalue weighted by Gasteiger charge is 2.16. The van der Waals surface area contributed by atoms with E-state index in [1.807, 2.05) is 0 Å². The standard InChI is InChI=1S/C12H20N2O3/c1-5-17-11(16)9-8-10(15)13-14(9)7-6-12(2,3)4/h8H,5-7H2,1-4H3,(H,13,15). The number of carbonyl (C=O) groups excluding carboxylic acids is 1. The number of aromatic amines is 1. The van der Waals surface area contributed by atoms with E-state index in [1.54, 1.807) is 11.6 Å². The third-order valence-electron chi connectivity index (χ3n) is 2.37. The van der Waals surface area contributed by atoms with Gasteiger partial charge in [-0.25, -0.2) is 4.79 Å². The van der Waals surface area contributed by atoms with Crippen LogP contribution in [0.15, 0.2) is 10.9 Å². The average Bonchev–Trinajstić information content (AvgIpc) is 2.56. The Morgan fingerprint density at radius 1 is 1.47 bits per heavy atom. The lowest BCUT2D eigenvalue weighted by molar-refractivity contribution is 0.0510. The van der Waals surface area contributed by atoms with Gasteiger partial charge in [0, 0.05) is 12.6 Å². The number of esters is 1. The molecule has 1 rings (SSSR count). The molecule has 5 heteroatoms. The Balaban J connectivity index is 2.85. The van der Waals surface area contributed by atoms with Crippen LogP contribution in [-0.2, 0) is 11.3 Å². The number of aryl methyl sites for hydroxylation is 1. The highest BCUT2D eigenvalue weighted by atomic mass is 16.5. The van der Waals surface area contributed by atoms with Gasteiger partial charge in [0.25, 0.3) is 5.56 Å². The Labute approximate surface area is 101 Å². The summed E-state index contributed by atoms with van der Waals surface area (Å²) in [4.78, 5) is 22.9. The number of H-pyrrole nitrogens is 1. The van der Waals surface area contributed by atoms with Gasteiger partial charge in [0.2, 0.25) is 0 Å². The lowest BCUT2D eigenvalue weighted by atomic mass is 9.92. The van der Waals surface area contributed by atoms with Gasteiger partial charge < -0.3 is 4.74 Å². The van der Waals surface area contributed by atoms with Gasteiger partial charge in [0.1, 0.15) is 5.69 Å². The molecule has 1 heterocycles. The zero-order valence-corrected chi connectivity index (χ0v) is 10.9. The highest BCUT2D eigenvalue weighted by molar-refractivity contribution is 5.87. The van der Waals surface area contributed by atoms with Crippen LogP contribution in [0, 0.1) is 5.41 Å². The third kappa shape index (κ3) is 4.09. The Bertz CT molecular complexity index is 437. The highest BCUT2D eigenvalue weighted by Crippen LogP contribution is 2.19. The summed E-state index contributed by atoms with van der Waals surface area (Å²) in [6.45, 7) is 8.97. The molecule has 0 unspecified atom stereocenters. The fourth-order valence-corrected chi connectivity index (χ4v) is 1.43. The van der Waals surface area contributed by atoms with Gasteiger partial charge in [-0.05, 0) is 18.8 Å². The fourth-order valence-electron chi connectivity index (χ4n) is 1.43. The van der Waals surface area contributed by atoms with Gasteiger partial charge in [-0.1, -0.05) is 20.8 Å². The molecule has 0 aliphatic rings. The Hall–Kier alpha value is -1.52. The van der Waals surface area contributed by atoms with Crippen LogP contribution in [0.1, 0.15) is 44.6 Å². The summed E-state index contributed by atoms with van der Waals surface area (Å²) in [5.74, 6) is -0.459. The SMILES string of the molecule is CCOC(=O)c1cc(=O)[nH]n1CCC(C)(C)C. The number of hydrogen-bond acceptors (Lipinski definition) is 3. The molecular weight excluding hydrogens is 220 g/mol. The van der Waals surface area contributed by atoms with Crippen molar-refractivity contribution in [3.05, 3.63) is 22.1 Å². The maximum Gasteiger partial charge on any atom is 0.356 e. The van der Waals surface area contributed by atoms with E-state index >= 15 is 0 Å². The maximum atomic E-state index is 11.6. The van der Waals surface area contributed by atoms with Crippen LogP contribution in [0.3, 0.4) is 0 Å². The Morgan fingerprint density at radius 3 is 2.65 bits per heavy atom. The van der Waals surface area contributed by atoms with Crippen LogP contribution in [0.25, 0.3) is 0 Å². The van der Waals surface area contributed by atoms with Gasteiger partial charge in [-0.15, -0.1) is 0 Å². The molecule has 1 N–H and O–H groups in total. The lowest BCUT2D eigenvalue weighted by Crippen LogP contribution is -2.17. The molecule has 5 nitrogen and oxygen atoms in total. The summed E-state index contributed by atoms with van der Waals surface area (Å²) in [5, 5.41) is 2.62. The van der Waals surface area contributed by atoms with E-state index in [-0.39, 0.29) is 11.0 Å². The first-order chi connectivity index (χ1) is 7.83. The van der Waals surface area contributed by atoms with Crippen molar-refractivity contribution in [1.82, 2.24) is 9.78 Å². The first kappa shape index (κ1) is 13.5.